The molecule has 0 saturated carbocycles. The fourth-order valence-electron chi connectivity index (χ4n) is 3.48. The first kappa shape index (κ1) is 21.1. The summed E-state index contributed by atoms with van der Waals surface area (Å²) in [6.45, 7) is 1.91. The van der Waals surface area contributed by atoms with Crippen molar-refractivity contribution in [2.45, 2.75) is 38.2 Å². The zero-order chi connectivity index (χ0) is 21.2. The summed E-state index contributed by atoms with van der Waals surface area (Å²) in [5, 5.41) is 11.0. The van der Waals surface area contributed by atoms with E-state index < -0.39 is 23.1 Å². The molecular formula is C22H21ClFNO4. The lowest BCUT2D eigenvalue weighted by Crippen LogP contribution is -2.47. The molecule has 0 aromatic heterocycles. The number of hydrogen-bond acceptors (Lipinski definition) is 4. The molecule has 1 heterocycles. The monoisotopic (exact) mass is 417 g/mol. The van der Waals surface area contributed by atoms with Crippen LogP contribution < -0.4 is 4.90 Å². The Labute approximate surface area is 173 Å². The van der Waals surface area contributed by atoms with E-state index in [1.54, 1.807) is 37.3 Å². The van der Waals surface area contributed by atoms with Crippen LogP contribution in [-0.2, 0) is 16.0 Å². The first-order chi connectivity index (χ1) is 13.7. The van der Waals surface area contributed by atoms with E-state index >= 15 is 0 Å². The highest BCUT2D eigenvalue weighted by molar-refractivity contribution is 6.30. The number of carbonyl (C=O) groups is 3. The van der Waals surface area contributed by atoms with Gasteiger partial charge in [-0.25, -0.2) is 4.39 Å². The standard InChI is InChI=1S/C22H21ClFNO4/c1-2-19(26)15-4-3-5-18(12-15)25-9-8-22(29,21(25)28)20(27)7-6-14-10-16(23)13-17(24)11-14/h3-5,10-13,29H,2,6-9H2,1H3/t22-/m1/s1. The molecule has 3 rings (SSSR count). The van der Waals surface area contributed by atoms with Crippen molar-refractivity contribution in [2.75, 3.05) is 11.4 Å². The fraction of sp³-hybridized carbons (Fsp3) is 0.318. The molecule has 1 atom stereocenters. The topological polar surface area (TPSA) is 74.7 Å². The van der Waals surface area contributed by atoms with E-state index in [1.165, 1.54) is 11.0 Å². The Morgan fingerprint density at radius 3 is 2.69 bits per heavy atom. The molecule has 0 unspecified atom stereocenters. The third-order valence-electron chi connectivity index (χ3n) is 5.12. The Hall–Kier alpha value is -2.57. The maximum absolute atomic E-state index is 13.4. The van der Waals surface area contributed by atoms with E-state index in [9.17, 15) is 23.9 Å². The van der Waals surface area contributed by atoms with Gasteiger partial charge in [0.1, 0.15) is 5.82 Å². The average molecular weight is 418 g/mol. The number of aryl methyl sites for hydroxylation is 1. The van der Waals surface area contributed by atoms with Gasteiger partial charge in [0.25, 0.3) is 5.91 Å². The summed E-state index contributed by atoms with van der Waals surface area (Å²) in [6.07, 6.45) is 0.334. The molecule has 1 saturated heterocycles. The molecule has 0 radical (unpaired) electrons. The number of Topliss-reactive ketones (excluding diaryl/α,β-unsaturated/α-hetero) is 2. The summed E-state index contributed by atoms with van der Waals surface area (Å²) in [5.41, 5.74) is -0.667. The second-order valence-electron chi connectivity index (χ2n) is 7.09. The molecule has 5 nitrogen and oxygen atoms in total. The summed E-state index contributed by atoms with van der Waals surface area (Å²) in [7, 11) is 0. The van der Waals surface area contributed by atoms with E-state index in [4.69, 9.17) is 11.6 Å². The summed E-state index contributed by atoms with van der Waals surface area (Å²) in [5.74, 6) is -1.89. The Kier molecular flexibility index (Phi) is 6.15. The number of rotatable bonds is 7. The number of halogens is 2. The van der Waals surface area contributed by atoms with Crippen molar-refractivity contribution < 1.29 is 23.9 Å². The van der Waals surface area contributed by atoms with Crippen LogP contribution in [-0.4, -0.2) is 34.7 Å². The minimum atomic E-state index is -2.12. The molecule has 1 aliphatic heterocycles. The molecule has 152 valence electrons. The van der Waals surface area contributed by atoms with Gasteiger partial charge in [0, 0.05) is 42.1 Å². The third kappa shape index (κ3) is 4.38. The van der Waals surface area contributed by atoms with E-state index in [0.29, 0.717) is 23.2 Å². The number of anilines is 1. The van der Waals surface area contributed by atoms with Crippen molar-refractivity contribution in [3.05, 3.63) is 64.4 Å². The lowest BCUT2D eigenvalue weighted by Gasteiger charge is -2.21. The van der Waals surface area contributed by atoms with Crippen LogP contribution in [0.2, 0.25) is 5.02 Å². The Morgan fingerprint density at radius 1 is 1.24 bits per heavy atom. The van der Waals surface area contributed by atoms with Gasteiger partial charge < -0.3 is 10.0 Å². The molecule has 1 aliphatic rings. The fourth-order valence-corrected chi connectivity index (χ4v) is 3.73. The Morgan fingerprint density at radius 2 is 2.00 bits per heavy atom. The van der Waals surface area contributed by atoms with Crippen molar-refractivity contribution in [2.24, 2.45) is 0 Å². The van der Waals surface area contributed by atoms with Crippen LogP contribution in [0.4, 0.5) is 10.1 Å². The normalized spacial score (nSPS) is 18.9. The van der Waals surface area contributed by atoms with Gasteiger partial charge in [-0.3, -0.25) is 14.4 Å². The number of hydrogen-bond donors (Lipinski definition) is 1. The molecule has 0 aliphatic carbocycles. The lowest BCUT2D eigenvalue weighted by atomic mass is 9.92. The summed E-state index contributed by atoms with van der Waals surface area (Å²) in [4.78, 5) is 38.7. The van der Waals surface area contributed by atoms with Gasteiger partial charge in [-0.05, 0) is 42.3 Å². The molecule has 7 heteroatoms. The highest BCUT2D eigenvalue weighted by atomic mass is 35.5. The van der Waals surface area contributed by atoms with E-state index in [0.717, 1.165) is 6.07 Å². The van der Waals surface area contributed by atoms with Crippen molar-refractivity contribution >= 4 is 34.8 Å². The van der Waals surface area contributed by atoms with Crippen LogP contribution in [0.5, 0.6) is 0 Å². The first-order valence-electron chi connectivity index (χ1n) is 9.40. The number of nitrogens with zero attached hydrogens (tertiary/aromatic N) is 1. The molecule has 0 bridgehead atoms. The third-order valence-corrected chi connectivity index (χ3v) is 5.34. The van der Waals surface area contributed by atoms with E-state index in [1.807, 2.05) is 0 Å². The Balaban J connectivity index is 1.73. The number of benzene rings is 2. The predicted octanol–water partition coefficient (Wildman–Crippen LogP) is 3.74. The highest BCUT2D eigenvalue weighted by Crippen LogP contribution is 2.31. The molecule has 1 amide bonds. The quantitative estimate of drug-likeness (QED) is 0.550. The van der Waals surface area contributed by atoms with Gasteiger partial charge in [-0.15, -0.1) is 0 Å². The SMILES string of the molecule is CCC(=O)c1cccc(N2CC[C@@](O)(C(=O)CCc3cc(F)cc(Cl)c3)C2=O)c1. The average Bonchev–Trinajstić information content (AvgIpc) is 3.01. The summed E-state index contributed by atoms with van der Waals surface area (Å²) < 4.78 is 13.4. The van der Waals surface area contributed by atoms with Crippen molar-refractivity contribution in [1.29, 1.82) is 0 Å². The largest absolute Gasteiger partial charge is 0.373 e. The second kappa shape index (κ2) is 8.43. The minimum Gasteiger partial charge on any atom is -0.373 e. The number of carbonyl (C=O) groups excluding carboxylic acids is 3. The second-order valence-corrected chi connectivity index (χ2v) is 7.53. The van der Waals surface area contributed by atoms with Gasteiger partial charge in [-0.2, -0.15) is 0 Å². The van der Waals surface area contributed by atoms with Gasteiger partial charge in [0.05, 0.1) is 0 Å². The van der Waals surface area contributed by atoms with Crippen LogP contribution in [0, 0.1) is 5.82 Å². The van der Waals surface area contributed by atoms with Crippen LogP contribution in [0.3, 0.4) is 0 Å². The molecule has 29 heavy (non-hydrogen) atoms. The van der Waals surface area contributed by atoms with Crippen molar-refractivity contribution in [3.8, 4) is 0 Å². The number of aliphatic hydroxyl groups is 1. The molecular weight excluding hydrogens is 397 g/mol. The maximum atomic E-state index is 13.4. The van der Waals surface area contributed by atoms with Crippen LogP contribution in [0.25, 0.3) is 0 Å². The van der Waals surface area contributed by atoms with Crippen LogP contribution in [0.15, 0.2) is 42.5 Å². The van der Waals surface area contributed by atoms with Crippen molar-refractivity contribution in [3.63, 3.8) is 0 Å². The molecule has 2 aromatic carbocycles. The van der Waals surface area contributed by atoms with Gasteiger partial charge in [0.2, 0.25) is 5.60 Å². The van der Waals surface area contributed by atoms with Crippen LogP contribution >= 0.6 is 11.6 Å². The predicted molar refractivity (Wildman–Crippen MR) is 108 cm³/mol. The Bertz CT molecular complexity index is 957. The zero-order valence-electron chi connectivity index (χ0n) is 16.0. The van der Waals surface area contributed by atoms with Gasteiger partial charge in [-0.1, -0.05) is 30.7 Å². The maximum Gasteiger partial charge on any atom is 0.266 e. The molecule has 1 fully saturated rings. The van der Waals surface area contributed by atoms with Gasteiger partial charge >= 0.3 is 0 Å². The summed E-state index contributed by atoms with van der Waals surface area (Å²) in [6, 6.07) is 10.6. The molecule has 1 N–H and O–H groups in total. The highest BCUT2D eigenvalue weighted by Gasteiger charge is 2.50. The number of ketones is 2. The zero-order valence-corrected chi connectivity index (χ0v) is 16.7. The minimum absolute atomic E-state index is 0.0411. The van der Waals surface area contributed by atoms with E-state index in [2.05, 4.69) is 0 Å². The smallest absolute Gasteiger partial charge is 0.266 e. The number of amides is 1. The summed E-state index contributed by atoms with van der Waals surface area (Å²) >= 11 is 5.82. The van der Waals surface area contributed by atoms with Gasteiger partial charge in [0.15, 0.2) is 11.6 Å². The van der Waals surface area contributed by atoms with Crippen molar-refractivity contribution in [1.82, 2.24) is 0 Å². The molecule has 2 aromatic rings. The van der Waals surface area contributed by atoms with E-state index in [-0.39, 0.29) is 36.6 Å². The molecule has 0 spiro atoms. The van der Waals surface area contributed by atoms with Crippen LogP contribution in [0.1, 0.15) is 42.1 Å². The first-order valence-corrected chi connectivity index (χ1v) is 9.78. The lowest BCUT2D eigenvalue weighted by molar-refractivity contribution is -0.147.